The lowest BCUT2D eigenvalue weighted by Crippen LogP contribution is -2.02. The highest BCUT2D eigenvalue weighted by atomic mass is 35.5. The number of hydrogen-bond acceptors (Lipinski definition) is 2. The van der Waals surface area contributed by atoms with Gasteiger partial charge < -0.3 is 4.74 Å². The van der Waals surface area contributed by atoms with Crippen LogP contribution in [0, 0.1) is 0 Å². The molecule has 0 spiro atoms. The number of halogens is 3. The van der Waals surface area contributed by atoms with Crippen molar-refractivity contribution in [1.29, 1.82) is 0 Å². The van der Waals surface area contributed by atoms with E-state index in [0.717, 1.165) is 11.1 Å². The molecule has 1 aliphatic rings. The topological polar surface area (TPSA) is 21.6 Å². The Hall–Kier alpha value is -1.42. The maximum Gasteiger partial charge on any atom is 0.387 e. The van der Waals surface area contributed by atoms with Gasteiger partial charge in [0, 0.05) is 0 Å². The van der Waals surface area contributed by atoms with Crippen LogP contribution < -0.4 is 4.74 Å². The van der Waals surface area contributed by atoms with Crippen molar-refractivity contribution in [2.24, 2.45) is 4.99 Å². The molecule has 90 valence electrons. The van der Waals surface area contributed by atoms with Crippen LogP contribution in [-0.2, 0) is 6.42 Å². The minimum atomic E-state index is -2.82. The van der Waals surface area contributed by atoms with Crippen LogP contribution in [0.15, 0.2) is 34.8 Å². The summed E-state index contributed by atoms with van der Waals surface area (Å²) < 4.78 is 28.5. The van der Waals surface area contributed by atoms with Gasteiger partial charge in [-0.15, -0.1) is 0 Å². The number of ether oxygens (including phenoxy) is 1. The Morgan fingerprint density at radius 2 is 2.18 bits per heavy atom. The average molecular weight is 258 g/mol. The highest BCUT2D eigenvalue weighted by Gasteiger charge is 2.11. The van der Waals surface area contributed by atoms with E-state index in [2.05, 4.69) is 9.73 Å². The number of hydrogen-bond donors (Lipinski definition) is 0. The maximum atomic E-state index is 12.1. The molecule has 0 bridgehead atoms. The van der Waals surface area contributed by atoms with Gasteiger partial charge in [0.05, 0.1) is 5.69 Å². The monoisotopic (exact) mass is 257 g/mol. The summed E-state index contributed by atoms with van der Waals surface area (Å²) in [6.07, 6.45) is 2.51. The number of aliphatic imine (C=N–C) groups is 1. The van der Waals surface area contributed by atoms with Gasteiger partial charge in [-0.3, -0.25) is 0 Å². The molecule has 0 fully saturated rings. The van der Waals surface area contributed by atoms with Crippen molar-refractivity contribution in [2.75, 3.05) is 0 Å². The number of fused-ring (bicyclic) bond motifs is 1. The number of allylic oxidation sites excluding steroid dienone is 2. The fraction of sp³-hybridized carbons (Fsp3) is 0.250. The van der Waals surface area contributed by atoms with Crippen molar-refractivity contribution < 1.29 is 13.5 Å². The number of benzene rings is 1. The van der Waals surface area contributed by atoms with Crippen molar-refractivity contribution in [2.45, 2.75) is 20.0 Å². The van der Waals surface area contributed by atoms with E-state index in [1.54, 1.807) is 12.1 Å². The normalized spacial score (nSPS) is 14.9. The molecule has 1 heterocycles. The molecule has 5 heteroatoms. The molecule has 1 aromatic rings. The molecule has 2 nitrogen and oxygen atoms in total. The van der Waals surface area contributed by atoms with E-state index in [0.29, 0.717) is 17.3 Å². The molecule has 0 N–H and O–H groups in total. The third kappa shape index (κ3) is 2.82. The summed E-state index contributed by atoms with van der Waals surface area (Å²) in [6.45, 7) is -0.961. The molecule has 0 aromatic heterocycles. The number of alkyl halides is 2. The maximum absolute atomic E-state index is 12.1. The average Bonchev–Trinajstić information content (AvgIpc) is 2.39. The van der Waals surface area contributed by atoms with Gasteiger partial charge in [0.2, 0.25) is 0 Å². The van der Waals surface area contributed by atoms with Crippen LogP contribution in [-0.4, -0.2) is 11.8 Å². The Kier molecular flexibility index (Phi) is 3.43. The minimum Gasteiger partial charge on any atom is -0.435 e. The Morgan fingerprint density at radius 1 is 1.41 bits per heavy atom. The summed E-state index contributed by atoms with van der Waals surface area (Å²) in [6, 6.07) is 4.64. The van der Waals surface area contributed by atoms with Crippen molar-refractivity contribution >= 4 is 22.5 Å². The summed E-state index contributed by atoms with van der Waals surface area (Å²) in [5, 5.41) is 0.422. The largest absolute Gasteiger partial charge is 0.435 e. The van der Waals surface area contributed by atoms with Gasteiger partial charge in [0.25, 0.3) is 0 Å². The Morgan fingerprint density at radius 3 is 2.88 bits per heavy atom. The zero-order chi connectivity index (χ0) is 12.4. The van der Waals surface area contributed by atoms with E-state index in [9.17, 15) is 8.78 Å². The molecular weight excluding hydrogens is 248 g/mol. The minimum absolute atomic E-state index is 0.137. The summed E-state index contributed by atoms with van der Waals surface area (Å²) in [5.41, 5.74) is 2.38. The zero-order valence-electron chi connectivity index (χ0n) is 9.08. The highest BCUT2D eigenvalue weighted by Crippen LogP contribution is 2.29. The first-order chi connectivity index (χ1) is 8.06. The van der Waals surface area contributed by atoms with Gasteiger partial charge in [0.1, 0.15) is 10.9 Å². The van der Waals surface area contributed by atoms with E-state index in [-0.39, 0.29) is 5.75 Å². The summed E-state index contributed by atoms with van der Waals surface area (Å²) in [7, 11) is 0. The molecule has 0 atom stereocenters. The van der Waals surface area contributed by atoms with E-state index in [1.807, 2.05) is 13.0 Å². The quantitative estimate of drug-likeness (QED) is 0.783. The van der Waals surface area contributed by atoms with Crippen molar-refractivity contribution in [3.05, 3.63) is 35.4 Å². The Balaban J connectivity index is 2.36. The Labute approximate surface area is 103 Å². The first-order valence-electron chi connectivity index (χ1n) is 5.05. The zero-order valence-corrected chi connectivity index (χ0v) is 9.84. The second kappa shape index (κ2) is 4.84. The molecule has 17 heavy (non-hydrogen) atoms. The van der Waals surface area contributed by atoms with Gasteiger partial charge in [-0.05, 0) is 42.7 Å². The summed E-state index contributed by atoms with van der Waals surface area (Å²) in [4.78, 5) is 4.21. The first kappa shape index (κ1) is 12.0. The van der Waals surface area contributed by atoms with Gasteiger partial charge in [-0.2, -0.15) is 8.78 Å². The second-order valence-corrected chi connectivity index (χ2v) is 4.02. The van der Waals surface area contributed by atoms with Crippen molar-refractivity contribution in [3.8, 4) is 5.75 Å². The second-order valence-electron chi connectivity index (χ2n) is 3.66. The van der Waals surface area contributed by atoms with E-state index < -0.39 is 6.61 Å². The van der Waals surface area contributed by atoms with Gasteiger partial charge in [0.15, 0.2) is 0 Å². The number of rotatable bonds is 2. The molecular formula is C12H10ClF2NO. The van der Waals surface area contributed by atoms with Crippen LogP contribution in [0.3, 0.4) is 0 Å². The van der Waals surface area contributed by atoms with Crippen LogP contribution in [0.5, 0.6) is 5.75 Å². The predicted molar refractivity (Wildman–Crippen MR) is 63.5 cm³/mol. The molecule has 1 aliphatic heterocycles. The highest BCUT2D eigenvalue weighted by molar-refractivity contribution is 6.69. The summed E-state index contributed by atoms with van der Waals surface area (Å²) >= 11 is 5.95. The van der Waals surface area contributed by atoms with E-state index >= 15 is 0 Å². The third-order valence-corrected chi connectivity index (χ3v) is 2.83. The molecule has 1 aromatic carbocycles. The van der Waals surface area contributed by atoms with Crippen LogP contribution >= 0.6 is 11.6 Å². The lowest BCUT2D eigenvalue weighted by Gasteiger charge is -2.07. The molecule has 0 amide bonds. The molecule has 2 rings (SSSR count). The van der Waals surface area contributed by atoms with Crippen LogP contribution in [0.25, 0.3) is 0 Å². The Bertz CT molecular complexity index is 497. The van der Waals surface area contributed by atoms with E-state index in [1.165, 1.54) is 6.07 Å². The predicted octanol–water partition coefficient (Wildman–Crippen LogP) is 4.06. The molecule has 0 unspecified atom stereocenters. The van der Waals surface area contributed by atoms with Gasteiger partial charge >= 0.3 is 6.61 Å². The fourth-order valence-electron chi connectivity index (χ4n) is 1.55. The van der Waals surface area contributed by atoms with Gasteiger partial charge in [-0.25, -0.2) is 4.99 Å². The van der Waals surface area contributed by atoms with E-state index in [4.69, 9.17) is 11.6 Å². The summed E-state index contributed by atoms with van der Waals surface area (Å²) in [5.74, 6) is 0.137. The molecule has 0 saturated carbocycles. The molecule has 0 radical (unpaired) electrons. The van der Waals surface area contributed by atoms with Gasteiger partial charge in [-0.1, -0.05) is 17.7 Å². The van der Waals surface area contributed by atoms with Crippen LogP contribution in [0.4, 0.5) is 14.5 Å². The lowest BCUT2D eigenvalue weighted by molar-refractivity contribution is -0.0498. The smallest absolute Gasteiger partial charge is 0.387 e. The lowest BCUT2D eigenvalue weighted by atomic mass is 10.1. The van der Waals surface area contributed by atoms with Crippen LogP contribution in [0.1, 0.15) is 12.5 Å². The molecule has 0 aliphatic carbocycles. The first-order valence-corrected chi connectivity index (χ1v) is 5.43. The van der Waals surface area contributed by atoms with Crippen molar-refractivity contribution in [3.63, 3.8) is 0 Å². The number of nitrogens with zero attached hydrogens (tertiary/aromatic N) is 1. The third-order valence-electron chi connectivity index (χ3n) is 2.45. The SMILES string of the molecule is CC1=CCc2cc(OC(F)F)ccc2N=C1Cl. The standard InChI is InChI=1S/C12H10ClF2NO/c1-7-2-3-8-6-9(17-12(14)15)4-5-10(8)16-11(7)13/h2,4-6,12H,3H2,1H3. The van der Waals surface area contributed by atoms with Crippen molar-refractivity contribution in [1.82, 2.24) is 0 Å². The fourth-order valence-corrected chi connectivity index (χ4v) is 1.72. The van der Waals surface area contributed by atoms with Crippen LogP contribution in [0.2, 0.25) is 0 Å². The molecule has 0 saturated heterocycles.